The second-order valence-electron chi connectivity index (χ2n) is 6.95. The number of ether oxygens (including phenoxy) is 3. The molecule has 0 unspecified atom stereocenters. The van der Waals surface area contributed by atoms with E-state index in [0.717, 1.165) is 0 Å². The van der Waals surface area contributed by atoms with E-state index in [1.165, 1.54) is 40.6 Å². The third-order valence-electron chi connectivity index (χ3n) is 5.07. The van der Waals surface area contributed by atoms with Crippen molar-refractivity contribution in [2.24, 2.45) is 0 Å². The average molecular weight is 463 g/mol. The third kappa shape index (κ3) is 4.86. The van der Waals surface area contributed by atoms with E-state index in [2.05, 4.69) is 0 Å². The number of methoxy groups -OCH3 is 1. The molecule has 1 atom stereocenters. The lowest BCUT2D eigenvalue weighted by Gasteiger charge is -2.33. The zero-order chi connectivity index (χ0) is 23.3. The SMILES string of the molecule is CCN(CC)S(=O)(=O)c1ccc(OCC(=O)N2C[C@H](C(=O)OC)Oc3ccccc32)cc1. The number of sulfonamides is 1. The van der Waals surface area contributed by atoms with E-state index in [9.17, 15) is 18.0 Å². The standard InChI is InChI=1S/C22H26N2O7S/c1-4-23(5-2)32(27,28)17-12-10-16(11-13-17)30-15-21(25)24-14-20(22(26)29-3)31-19-9-7-6-8-18(19)24/h6-13,20H,4-5,14-15H2,1-3H3/t20-/m1/s1. The van der Waals surface area contributed by atoms with Crippen LogP contribution in [0, 0.1) is 0 Å². The number of carbonyl (C=O) groups excluding carboxylic acids is 2. The lowest BCUT2D eigenvalue weighted by molar-refractivity contribution is -0.148. The molecule has 9 nitrogen and oxygen atoms in total. The second-order valence-corrected chi connectivity index (χ2v) is 8.89. The Balaban J connectivity index is 1.71. The van der Waals surface area contributed by atoms with Gasteiger partial charge in [-0.2, -0.15) is 4.31 Å². The molecular formula is C22H26N2O7S. The molecule has 10 heteroatoms. The molecule has 0 spiro atoms. The minimum atomic E-state index is -3.57. The molecule has 3 rings (SSSR count). The summed E-state index contributed by atoms with van der Waals surface area (Å²) in [4.78, 5) is 26.4. The Labute approximate surface area is 187 Å². The molecule has 0 bridgehead atoms. The molecule has 2 aromatic carbocycles. The first-order chi connectivity index (χ1) is 15.3. The second kappa shape index (κ2) is 10.0. The molecule has 0 aromatic heterocycles. The molecular weight excluding hydrogens is 436 g/mol. The Bertz CT molecular complexity index is 1070. The largest absolute Gasteiger partial charge is 0.484 e. The zero-order valence-electron chi connectivity index (χ0n) is 18.2. The summed E-state index contributed by atoms with van der Waals surface area (Å²) < 4.78 is 42.5. The minimum absolute atomic E-state index is 0.00701. The summed E-state index contributed by atoms with van der Waals surface area (Å²) >= 11 is 0. The quantitative estimate of drug-likeness (QED) is 0.553. The highest BCUT2D eigenvalue weighted by molar-refractivity contribution is 7.89. The predicted molar refractivity (Wildman–Crippen MR) is 117 cm³/mol. The Morgan fingerprint density at radius 2 is 1.75 bits per heavy atom. The number of benzene rings is 2. The highest BCUT2D eigenvalue weighted by Gasteiger charge is 2.34. The number of hydrogen-bond acceptors (Lipinski definition) is 7. The van der Waals surface area contributed by atoms with E-state index in [1.807, 2.05) is 0 Å². The first-order valence-electron chi connectivity index (χ1n) is 10.2. The topological polar surface area (TPSA) is 102 Å². The number of fused-ring (bicyclic) bond motifs is 1. The van der Waals surface area contributed by atoms with E-state index in [0.29, 0.717) is 30.3 Å². The lowest BCUT2D eigenvalue weighted by Crippen LogP contribution is -2.48. The number of rotatable bonds is 8. The van der Waals surface area contributed by atoms with Crippen molar-refractivity contribution in [2.75, 3.05) is 38.3 Å². The molecule has 0 fully saturated rings. The summed E-state index contributed by atoms with van der Waals surface area (Å²) in [5.74, 6) is -0.214. The molecule has 0 N–H and O–H groups in total. The Morgan fingerprint density at radius 1 is 1.09 bits per heavy atom. The van der Waals surface area contributed by atoms with Crippen LogP contribution in [0.3, 0.4) is 0 Å². The number of hydrogen-bond donors (Lipinski definition) is 0. The fourth-order valence-electron chi connectivity index (χ4n) is 3.37. The Hall–Kier alpha value is -3.11. The summed E-state index contributed by atoms with van der Waals surface area (Å²) in [6, 6.07) is 12.8. The zero-order valence-corrected chi connectivity index (χ0v) is 19.0. The molecule has 0 radical (unpaired) electrons. The van der Waals surface area contributed by atoms with Crippen LogP contribution in [0.1, 0.15) is 13.8 Å². The van der Waals surface area contributed by atoms with Crippen LogP contribution in [-0.2, 0) is 24.3 Å². The molecule has 0 saturated carbocycles. The van der Waals surface area contributed by atoms with E-state index >= 15 is 0 Å². The van der Waals surface area contributed by atoms with Crippen LogP contribution in [0.4, 0.5) is 5.69 Å². The van der Waals surface area contributed by atoms with Crippen molar-refractivity contribution in [1.29, 1.82) is 0 Å². The highest BCUT2D eigenvalue weighted by Crippen LogP contribution is 2.33. The van der Waals surface area contributed by atoms with E-state index < -0.39 is 22.1 Å². The van der Waals surface area contributed by atoms with E-state index in [4.69, 9.17) is 14.2 Å². The van der Waals surface area contributed by atoms with Crippen LogP contribution in [0.15, 0.2) is 53.4 Å². The van der Waals surface area contributed by atoms with Gasteiger partial charge >= 0.3 is 5.97 Å². The number of nitrogens with zero attached hydrogens (tertiary/aromatic N) is 2. The van der Waals surface area contributed by atoms with Gasteiger partial charge in [0, 0.05) is 13.1 Å². The highest BCUT2D eigenvalue weighted by atomic mass is 32.2. The summed E-state index contributed by atoms with van der Waals surface area (Å²) in [5, 5.41) is 0. The lowest BCUT2D eigenvalue weighted by atomic mass is 10.2. The molecule has 0 saturated heterocycles. The van der Waals surface area contributed by atoms with Crippen molar-refractivity contribution < 1.29 is 32.2 Å². The predicted octanol–water partition coefficient (Wildman–Crippen LogP) is 2.06. The molecule has 1 aliphatic heterocycles. The molecule has 172 valence electrons. The normalized spacial score (nSPS) is 15.6. The number of amides is 1. The van der Waals surface area contributed by atoms with Crippen LogP contribution in [0.5, 0.6) is 11.5 Å². The minimum Gasteiger partial charge on any atom is -0.484 e. The Morgan fingerprint density at radius 3 is 2.38 bits per heavy atom. The average Bonchev–Trinajstić information content (AvgIpc) is 2.82. The summed E-state index contributed by atoms with van der Waals surface area (Å²) in [6.45, 7) is 3.99. The fourth-order valence-corrected chi connectivity index (χ4v) is 4.83. The molecule has 1 amide bonds. The van der Waals surface area contributed by atoms with Crippen molar-refractivity contribution in [1.82, 2.24) is 4.31 Å². The van der Waals surface area contributed by atoms with Gasteiger partial charge in [-0.25, -0.2) is 13.2 Å². The van der Waals surface area contributed by atoms with E-state index in [-0.39, 0.29) is 24.0 Å². The van der Waals surface area contributed by atoms with Gasteiger partial charge in [-0.3, -0.25) is 4.79 Å². The van der Waals surface area contributed by atoms with Crippen molar-refractivity contribution in [3.8, 4) is 11.5 Å². The number of para-hydroxylation sites is 2. The molecule has 1 aliphatic rings. The van der Waals surface area contributed by atoms with Crippen LogP contribution in [0.2, 0.25) is 0 Å². The van der Waals surface area contributed by atoms with Crippen molar-refractivity contribution in [2.45, 2.75) is 24.8 Å². The summed E-state index contributed by atoms with van der Waals surface area (Å²) in [7, 11) is -2.32. The summed E-state index contributed by atoms with van der Waals surface area (Å²) in [6.07, 6.45) is -0.941. The van der Waals surface area contributed by atoms with Crippen molar-refractivity contribution in [3.63, 3.8) is 0 Å². The smallest absolute Gasteiger partial charge is 0.348 e. The maximum atomic E-state index is 12.9. The van der Waals surface area contributed by atoms with Gasteiger partial charge < -0.3 is 19.1 Å². The van der Waals surface area contributed by atoms with Crippen LogP contribution in [0.25, 0.3) is 0 Å². The molecule has 2 aromatic rings. The first kappa shape index (κ1) is 23.6. The van der Waals surface area contributed by atoms with Gasteiger partial charge in [0.25, 0.3) is 5.91 Å². The molecule has 32 heavy (non-hydrogen) atoms. The Kier molecular flexibility index (Phi) is 7.37. The van der Waals surface area contributed by atoms with Crippen molar-refractivity contribution >= 4 is 27.6 Å². The van der Waals surface area contributed by atoms with Crippen LogP contribution >= 0.6 is 0 Å². The van der Waals surface area contributed by atoms with E-state index in [1.54, 1.807) is 38.1 Å². The number of carbonyl (C=O) groups is 2. The van der Waals surface area contributed by atoms with Gasteiger partial charge in [-0.05, 0) is 36.4 Å². The monoisotopic (exact) mass is 462 g/mol. The van der Waals surface area contributed by atoms with Crippen molar-refractivity contribution in [3.05, 3.63) is 48.5 Å². The third-order valence-corrected chi connectivity index (χ3v) is 7.13. The van der Waals surface area contributed by atoms with Gasteiger partial charge in [-0.1, -0.05) is 26.0 Å². The summed E-state index contributed by atoms with van der Waals surface area (Å²) in [5.41, 5.74) is 0.530. The van der Waals surface area contributed by atoms with Crippen LogP contribution < -0.4 is 14.4 Å². The van der Waals surface area contributed by atoms with Gasteiger partial charge in [0.1, 0.15) is 11.5 Å². The van der Waals surface area contributed by atoms with Crippen LogP contribution in [-0.4, -0.2) is 64.1 Å². The first-order valence-corrected chi connectivity index (χ1v) is 11.6. The maximum Gasteiger partial charge on any atom is 0.348 e. The van der Waals surface area contributed by atoms with Gasteiger partial charge in [0.05, 0.1) is 24.2 Å². The van der Waals surface area contributed by atoms with Gasteiger partial charge in [0.2, 0.25) is 16.1 Å². The van der Waals surface area contributed by atoms with Gasteiger partial charge in [-0.15, -0.1) is 0 Å². The van der Waals surface area contributed by atoms with Gasteiger partial charge in [0.15, 0.2) is 6.61 Å². The molecule has 0 aliphatic carbocycles. The number of anilines is 1. The fraction of sp³-hybridized carbons (Fsp3) is 0.364. The maximum absolute atomic E-state index is 12.9. The number of esters is 1. The molecule has 1 heterocycles.